The number of aliphatic hydroxyl groups excluding tert-OH is 1. The van der Waals surface area contributed by atoms with Crippen molar-refractivity contribution in [2.45, 2.75) is 52.1 Å². The lowest BCUT2D eigenvalue weighted by Gasteiger charge is -2.15. The van der Waals surface area contributed by atoms with Gasteiger partial charge in [-0.3, -0.25) is 0 Å². The Morgan fingerprint density at radius 3 is 2.56 bits per heavy atom. The van der Waals surface area contributed by atoms with Gasteiger partial charge in [-0.2, -0.15) is 0 Å². The molecule has 3 N–H and O–H groups in total. The average Bonchev–Trinajstić information content (AvgIpc) is 2.71. The molecule has 1 heterocycles. The van der Waals surface area contributed by atoms with Crippen LogP contribution in [0.25, 0.3) is 0 Å². The molecule has 0 aromatic carbocycles. The summed E-state index contributed by atoms with van der Waals surface area (Å²) >= 11 is 0. The lowest BCUT2D eigenvalue weighted by Crippen LogP contribution is -2.12. The van der Waals surface area contributed by atoms with Crippen LogP contribution in [-0.2, 0) is 13.1 Å². The standard InChI is InChI=1S/C11H22N4O/c1-3-9(4-2)11-10(8-12)13-14-15(11)6-5-7-16/h9,16H,3-8,12H2,1-2H3. The van der Waals surface area contributed by atoms with Crippen LogP contribution < -0.4 is 5.73 Å². The molecular formula is C11H22N4O. The fourth-order valence-electron chi connectivity index (χ4n) is 2.01. The third-order valence-electron chi connectivity index (χ3n) is 2.94. The summed E-state index contributed by atoms with van der Waals surface area (Å²) in [5.74, 6) is 0.465. The molecule has 1 rings (SSSR count). The van der Waals surface area contributed by atoms with Gasteiger partial charge in [-0.15, -0.1) is 5.10 Å². The second kappa shape index (κ2) is 6.60. The maximum atomic E-state index is 8.85. The molecule has 0 unspecified atom stereocenters. The van der Waals surface area contributed by atoms with E-state index < -0.39 is 0 Å². The molecule has 0 fully saturated rings. The van der Waals surface area contributed by atoms with Crippen LogP contribution in [0.4, 0.5) is 0 Å². The highest BCUT2D eigenvalue weighted by molar-refractivity contribution is 5.15. The Balaban J connectivity index is 2.94. The Hall–Kier alpha value is -0.940. The topological polar surface area (TPSA) is 77.0 Å². The van der Waals surface area contributed by atoms with Gasteiger partial charge in [0.25, 0.3) is 0 Å². The third-order valence-corrected chi connectivity index (χ3v) is 2.94. The molecule has 0 aliphatic heterocycles. The van der Waals surface area contributed by atoms with E-state index in [1.54, 1.807) is 0 Å². The van der Waals surface area contributed by atoms with Gasteiger partial charge in [-0.05, 0) is 19.3 Å². The van der Waals surface area contributed by atoms with E-state index in [0.29, 0.717) is 18.9 Å². The predicted molar refractivity (Wildman–Crippen MR) is 62.9 cm³/mol. The maximum absolute atomic E-state index is 8.85. The molecule has 0 saturated heterocycles. The largest absolute Gasteiger partial charge is 0.396 e. The first kappa shape index (κ1) is 13.1. The zero-order valence-electron chi connectivity index (χ0n) is 10.2. The van der Waals surface area contributed by atoms with Crippen LogP contribution in [0.2, 0.25) is 0 Å². The first-order valence-corrected chi connectivity index (χ1v) is 6.01. The lowest BCUT2D eigenvalue weighted by atomic mass is 9.97. The maximum Gasteiger partial charge on any atom is 0.0997 e. The van der Waals surface area contributed by atoms with E-state index in [2.05, 4.69) is 24.2 Å². The Morgan fingerprint density at radius 1 is 1.38 bits per heavy atom. The predicted octanol–water partition coefficient (Wildman–Crippen LogP) is 1.02. The van der Waals surface area contributed by atoms with Crippen molar-refractivity contribution in [3.63, 3.8) is 0 Å². The number of hydrogen-bond acceptors (Lipinski definition) is 4. The summed E-state index contributed by atoms with van der Waals surface area (Å²) in [6.07, 6.45) is 2.84. The number of nitrogens with zero attached hydrogens (tertiary/aromatic N) is 3. The Labute approximate surface area is 96.6 Å². The molecule has 0 bridgehead atoms. The van der Waals surface area contributed by atoms with E-state index >= 15 is 0 Å². The zero-order chi connectivity index (χ0) is 12.0. The third kappa shape index (κ3) is 2.80. The van der Waals surface area contributed by atoms with Gasteiger partial charge in [0.05, 0.1) is 11.4 Å². The van der Waals surface area contributed by atoms with Crippen molar-refractivity contribution in [2.75, 3.05) is 6.61 Å². The fourth-order valence-corrected chi connectivity index (χ4v) is 2.01. The van der Waals surface area contributed by atoms with E-state index in [4.69, 9.17) is 10.8 Å². The first-order valence-electron chi connectivity index (χ1n) is 6.01. The van der Waals surface area contributed by atoms with Crippen molar-refractivity contribution < 1.29 is 5.11 Å². The quantitative estimate of drug-likeness (QED) is 0.727. The summed E-state index contributed by atoms with van der Waals surface area (Å²) in [6.45, 7) is 5.66. The van der Waals surface area contributed by atoms with Gasteiger partial charge in [-0.1, -0.05) is 19.1 Å². The Kier molecular flexibility index (Phi) is 5.42. The van der Waals surface area contributed by atoms with Crippen molar-refractivity contribution in [1.82, 2.24) is 15.0 Å². The van der Waals surface area contributed by atoms with Gasteiger partial charge in [0.1, 0.15) is 0 Å². The molecule has 0 atom stereocenters. The highest BCUT2D eigenvalue weighted by Crippen LogP contribution is 2.25. The summed E-state index contributed by atoms with van der Waals surface area (Å²) in [5.41, 5.74) is 7.72. The molecule has 0 aliphatic carbocycles. The normalized spacial score (nSPS) is 11.3. The molecular weight excluding hydrogens is 204 g/mol. The van der Waals surface area contributed by atoms with E-state index in [1.807, 2.05) is 4.68 Å². The molecule has 0 radical (unpaired) electrons. The molecule has 1 aromatic rings. The average molecular weight is 226 g/mol. The molecule has 16 heavy (non-hydrogen) atoms. The van der Waals surface area contributed by atoms with Gasteiger partial charge in [0, 0.05) is 25.6 Å². The number of rotatable bonds is 7. The molecule has 0 saturated carbocycles. The summed E-state index contributed by atoms with van der Waals surface area (Å²) in [4.78, 5) is 0. The van der Waals surface area contributed by atoms with E-state index in [0.717, 1.165) is 30.8 Å². The summed E-state index contributed by atoms with van der Waals surface area (Å²) in [7, 11) is 0. The molecule has 92 valence electrons. The van der Waals surface area contributed by atoms with Crippen molar-refractivity contribution in [1.29, 1.82) is 0 Å². The Morgan fingerprint density at radius 2 is 2.06 bits per heavy atom. The lowest BCUT2D eigenvalue weighted by molar-refractivity contribution is 0.274. The minimum absolute atomic E-state index is 0.181. The van der Waals surface area contributed by atoms with Crippen LogP contribution >= 0.6 is 0 Å². The summed E-state index contributed by atoms with van der Waals surface area (Å²) in [5, 5.41) is 17.1. The minimum atomic E-state index is 0.181. The molecule has 5 nitrogen and oxygen atoms in total. The van der Waals surface area contributed by atoms with Gasteiger partial charge in [0.2, 0.25) is 0 Å². The second-order valence-electron chi connectivity index (χ2n) is 3.94. The molecule has 0 aliphatic rings. The number of aryl methyl sites for hydroxylation is 1. The van der Waals surface area contributed by atoms with Crippen LogP contribution in [0.15, 0.2) is 0 Å². The highest BCUT2D eigenvalue weighted by atomic mass is 16.3. The fraction of sp³-hybridized carbons (Fsp3) is 0.818. The smallest absolute Gasteiger partial charge is 0.0997 e. The first-order chi connectivity index (χ1) is 7.78. The molecule has 0 spiro atoms. The van der Waals surface area contributed by atoms with Crippen LogP contribution in [0.3, 0.4) is 0 Å². The molecule has 0 amide bonds. The van der Waals surface area contributed by atoms with Crippen LogP contribution in [0.5, 0.6) is 0 Å². The van der Waals surface area contributed by atoms with Gasteiger partial charge in [0.15, 0.2) is 0 Å². The summed E-state index contributed by atoms with van der Waals surface area (Å²) in [6, 6.07) is 0. The van der Waals surface area contributed by atoms with Crippen molar-refractivity contribution in [3.05, 3.63) is 11.4 Å². The van der Waals surface area contributed by atoms with Crippen LogP contribution in [-0.4, -0.2) is 26.7 Å². The van der Waals surface area contributed by atoms with Crippen LogP contribution in [0.1, 0.15) is 50.4 Å². The van der Waals surface area contributed by atoms with Gasteiger partial charge < -0.3 is 10.8 Å². The second-order valence-corrected chi connectivity index (χ2v) is 3.94. The van der Waals surface area contributed by atoms with E-state index in [-0.39, 0.29) is 6.61 Å². The number of nitrogens with two attached hydrogens (primary N) is 1. The monoisotopic (exact) mass is 226 g/mol. The van der Waals surface area contributed by atoms with Crippen molar-refractivity contribution >= 4 is 0 Å². The van der Waals surface area contributed by atoms with Crippen molar-refractivity contribution in [3.8, 4) is 0 Å². The SMILES string of the molecule is CCC(CC)c1c(CN)nnn1CCCO. The molecule has 1 aromatic heterocycles. The summed E-state index contributed by atoms with van der Waals surface area (Å²) < 4.78 is 1.90. The number of aliphatic hydroxyl groups is 1. The van der Waals surface area contributed by atoms with E-state index in [1.165, 1.54) is 0 Å². The van der Waals surface area contributed by atoms with Gasteiger partial charge in [-0.25, -0.2) is 4.68 Å². The van der Waals surface area contributed by atoms with Crippen molar-refractivity contribution in [2.24, 2.45) is 5.73 Å². The number of aromatic nitrogens is 3. The Bertz CT molecular complexity index is 307. The number of hydrogen-bond donors (Lipinski definition) is 2. The zero-order valence-corrected chi connectivity index (χ0v) is 10.2. The van der Waals surface area contributed by atoms with Gasteiger partial charge >= 0.3 is 0 Å². The minimum Gasteiger partial charge on any atom is -0.396 e. The van der Waals surface area contributed by atoms with Crippen LogP contribution in [0, 0.1) is 0 Å². The highest BCUT2D eigenvalue weighted by Gasteiger charge is 2.18. The van der Waals surface area contributed by atoms with E-state index in [9.17, 15) is 0 Å². The molecule has 5 heteroatoms.